The minimum atomic E-state index is -0.545. The van der Waals surface area contributed by atoms with Crippen LogP contribution in [0.5, 0.6) is 0 Å². The van der Waals surface area contributed by atoms with E-state index in [-0.39, 0.29) is 12.7 Å². The molecule has 266 valence electrons. The lowest BCUT2D eigenvalue weighted by Gasteiger charge is -2.45. The number of ether oxygens (including phenoxy) is 5. The molecule has 0 heterocycles. The van der Waals surface area contributed by atoms with Crippen molar-refractivity contribution in [3.05, 3.63) is 102 Å². The number of rotatable bonds is 25. The Morgan fingerprint density at radius 2 is 1.25 bits per heavy atom. The Morgan fingerprint density at radius 1 is 0.688 bits per heavy atom. The first-order valence-electron chi connectivity index (χ1n) is 17.1. The maximum atomic E-state index is 12.3. The van der Waals surface area contributed by atoms with Gasteiger partial charge in [-0.15, -0.1) is 0 Å². The van der Waals surface area contributed by atoms with Gasteiger partial charge in [0.25, 0.3) is 0 Å². The smallest absolute Gasteiger partial charge is 0.224 e. The molecule has 0 aromatic heterocycles. The Bertz CT molecular complexity index is 1220. The zero-order valence-corrected chi connectivity index (χ0v) is 30.9. The second-order valence-corrected chi connectivity index (χ2v) is 14.8. The zero-order chi connectivity index (χ0) is 34.3. The van der Waals surface area contributed by atoms with Crippen LogP contribution in [0, 0.1) is 5.41 Å². The standard InChI is InChI=1S/C39H55NO6S2.H2/c1-5-23-42-27-29-44-30-28-43-26-22-40-37(41)31-33-18-20-36(21-19-33)48-47-32-45-24-12-13-25-46-39(38(2,3)4,34-14-8-6-9-15-34)35-16-10-7-11-17-35;/h6-11,14-21H,5,12-13,22-32H2,1-4H3,(H,40,41);1H. The topological polar surface area (TPSA) is 75.2 Å². The summed E-state index contributed by atoms with van der Waals surface area (Å²) in [6.45, 7) is 14.1. The van der Waals surface area contributed by atoms with E-state index in [1.165, 1.54) is 11.1 Å². The molecule has 0 radical (unpaired) electrons. The van der Waals surface area contributed by atoms with E-state index in [0.717, 1.165) is 36.3 Å². The Balaban J connectivity index is 0.00000833. The maximum Gasteiger partial charge on any atom is 0.224 e. The molecular weight excluding hydrogens is 643 g/mol. The van der Waals surface area contributed by atoms with Gasteiger partial charge in [0.15, 0.2) is 0 Å². The number of benzene rings is 3. The van der Waals surface area contributed by atoms with Crippen molar-refractivity contribution in [2.24, 2.45) is 5.41 Å². The van der Waals surface area contributed by atoms with Crippen LogP contribution in [0.3, 0.4) is 0 Å². The van der Waals surface area contributed by atoms with Crippen molar-refractivity contribution in [3.8, 4) is 0 Å². The van der Waals surface area contributed by atoms with Crippen LogP contribution in [0.4, 0.5) is 0 Å². The van der Waals surface area contributed by atoms with Gasteiger partial charge in [0.2, 0.25) is 5.91 Å². The van der Waals surface area contributed by atoms with Gasteiger partial charge in [0.1, 0.15) is 11.5 Å². The fourth-order valence-corrected chi connectivity index (χ4v) is 7.05. The zero-order valence-electron chi connectivity index (χ0n) is 29.2. The number of nitrogens with one attached hydrogen (secondary N) is 1. The summed E-state index contributed by atoms with van der Waals surface area (Å²) in [4.78, 5) is 13.4. The molecule has 7 nitrogen and oxygen atoms in total. The maximum absolute atomic E-state index is 12.3. The molecule has 48 heavy (non-hydrogen) atoms. The van der Waals surface area contributed by atoms with Crippen LogP contribution in [0.2, 0.25) is 0 Å². The molecule has 0 saturated heterocycles. The summed E-state index contributed by atoms with van der Waals surface area (Å²) in [5.41, 5.74) is 2.63. The molecule has 0 aliphatic heterocycles. The second-order valence-electron chi connectivity index (χ2n) is 12.5. The fraction of sp³-hybridized carbons (Fsp3) is 0.513. The first kappa shape index (κ1) is 40.1. The molecule has 1 amide bonds. The molecule has 3 aromatic carbocycles. The van der Waals surface area contributed by atoms with Crippen LogP contribution in [0.25, 0.3) is 0 Å². The van der Waals surface area contributed by atoms with Gasteiger partial charge in [-0.1, -0.05) is 122 Å². The fourth-order valence-electron chi connectivity index (χ4n) is 5.34. The minimum Gasteiger partial charge on any atom is -0.379 e. The normalized spacial score (nSPS) is 11.9. The lowest BCUT2D eigenvalue weighted by atomic mass is 9.68. The van der Waals surface area contributed by atoms with Gasteiger partial charge in [-0.3, -0.25) is 4.79 Å². The van der Waals surface area contributed by atoms with E-state index in [4.69, 9.17) is 23.7 Å². The molecule has 1 N–H and O–H groups in total. The SMILES string of the molecule is CCCOCCOCCOCCNC(=O)Cc1ccc(SSCOCCCCOC(c2ccccc2)(c2ccccc2)C(C)(C)C)cc1.[HH]. The summed E-state index contributed by atoms with van der Waals surface area (Å²) in [5, 5.41) is 2.91. The number of hydrogen-bond acceptors (Lipinski definition) is 8. The number of amides is 1. The summed E-state index contributed by atoms with van der Waals surface area (Å²) in [7, 11) is 3.35. The summed E-state index contributed by atoms with van der Waals surface area (Å²) < 4.78 is 29.0. The number of unbranched alkanes of at least 4 members (excludes halogenated alkanes) is 1. The van der Waals surface area contributed by atoms with E-state index in [2.05, 4.69) is 106 Å². The molecular formula is C39H57NO6S2. The van der Waals surface area contributed by atoms with Crippen LogP contribution in [0.15, 0.2) is 89.8 Å². The Kier molecular flexibility index (Phi) is 19.3. The number of hydrogen-bond donors (Lipinski definition) is 1. The third-order valence-electron chi connectivity index (χ3n) is 7.65. The first-order chi connectivity index (χ1) is 23.4. The quantitative estimate of drug-likeness (QED) is 0.0536. The third kappa shape index (κ3) is 14.2. The van der Waals surface area contributed by atoms with Gasteiger partial charge in [-0.05, 0) is 53.5 Å². The molecule has 0 aliphatic carbocycles. The van der Waals surface area contributed by atoms with E-state index in [1.807, 2.05) is 12.1 Å². The Labute approximate surface area is 298 Å². The monoisotopic (exact) mass is 699 g/mol. The lowest BCUT2D eigenvalue weighted by molar-refractivity contribution is -0.120. The highest BCUT2D eigenvalue weighted by Crippen LogP contribution is 2.48. The van der Waals surface area contributed by atoms with E-state index >= 15 is 0 Å². The third-order valence-corrected chi connectivity index (χ3v) is 9.72. The predicted octanol–water partition coefficient (Wildman–Crippen LogP) is 8.55. The number of carbonyl (C=O) groups excluding carboxylic acids is 1. The van der Waals surface area contributed by atoms with Gasteiger partial charge < -0.3 is 29.0 Å². The van der Waals surface area contributed by atoms with Crippen molar-refractivity contribution in [1.29, 1.82) is 0 Å². The van der Waals surface area contributed by atoms with Gasteiger partial charge in [-0.2, -0.15) is 0 Å². The summed E-state index contributed by atoms with van der Waals surface area (Å²) in [6.07, 6.45) is 3.21. The molecule has 3 rings (SSSR count). The van der Waals surface area contributed by atoms with E-state index in [0.29, 0.717) is 65.2 Å². The van der Waals surface area contributed by atoms with E-state index in [1.54, 1.807) is 21.6 Å². The van der Waals surface area contributed by atoms with Crippen LogP contribution in [0.1, 0.15) is 65.1 Å². The average Bonchev–Trinajstić information content (AvgIpc) is 3.09. The molecule has 0 atom stereocenters. The highest BCUT2D eigenvalue weighted by molar-refractivity contribution is 8.76. The summed E-state index contributed by atoms with van der Waals surface area (Å²) in [6, 6.07) is 29.3. The Hall–Kier alpha value is -2.37. The highest BCUT2D eigenvalue weighted by atomic mass is 33.1. The molecule has 0 aliphatic rings. The summed E-state index contributed by atoms with van der Waals surface area (Å²) >= 11 is 0. The second kappa shape index (κ2) is 23.1. The predicted molar refractivity (Wildman–Crippen MR) is 201 cm³/mol. The number of carbonyl (C=O) groups is 1. The van der Waals surface area contributed by atoms with Gasteiger partial charge in [-0.25, -0.2) is 0 Å². The van der Waals surface area contributed by atoms with Crippen LogP contribution >= 0.6 is 21.6 Å². The molecule has 0 spiro atoms. The van der Waals surface area contributed by atoms with Crippen molar-refractivity contribution in [2.75, 3.05) is 65.3 Å². The van der Waals surface area contributed by atoms with Crippen LogP contribution < -0.4 is 5.32 Å². The molecule has 0 unspecified atom stereocenters. The van der Waals surface area contributed by atoms with Gasteiger partial charge in [0.05, 0.1) is 39.5 Å². The van der Waals surface area contributed by atoms with Crippen molar-refractivity contribution < 1.29 is 29.9 Å². The van der Waals surface area contributed by atoms with Crippen molar-refractivity contribution >= 4 is 27.5 Å². The van der Waals surface area contributed by atoms with Crippen LogP contribution in [-0.2, 0) is 40.5 Å². The molecule has 9 heteroatoms. The van der Waals surface area contributed by atoms with Crippen molar-refractivity contribution in [1.82, 2.24) is 5.32 Å². The Morgan fingerprint density at radius 3 is 1.83 bits per heavy atom. The molecule has 3 aromatic rings. The van der Waals surface area contributed by atoms with Gasteiger partial charge >= 0.3 is 0 Å². The molecule has 0 bridgehead atoms. The summed E-state index contributed by atoms with van der Waals surface area (Å²) in [5.74, 6) is 0.595. The average molecular weight is 700 g/mol. The molecule has 0 fully saturated rings. The van der Waals surface area contributed by atoms with Crippen molar-refractivity contribution in [2.45, 2.75) is 63.9 Å². The van der Waals surface area contributed by atoms with E-state index in [9.17, 15) is 4.79 Å². The molecule has 0 saturated carbocycles. The first-order valence-corrected chi connectivity index (χ1v) is 19.4. The largest absolute Gasteiger partial charge is 0.379 e. The highest BCUT2D eigenvalue weighted by Gasteiger charge is 2.46. The lowest BCUT2D eigenvalue weighted by Crippen LogP contribution is -2.44. The van der Waals surface area contributed by atoms with Gasteiger partial charge in [0, 0.05) is 32.7 Å². The van der Waals surface area contributed by atoms with E-state index < -0.39 is 5.60 Å². The minimum absolute atomic E-state index is 0. The van der Waals surface area contributed by atoms with Crippen LogP contribution in [-0.4, -0.2) is 71.2 Å². The van der Waals surface area contributed by atoms with Crippen molar-refractivity contribution in [3.63, 3.8) is 0 Å².